The Morgan fingerprint density at radius 3 is 2.65 bits per heavy atom. The number of nitrogens with zero attached hydrogens (tertiary/aromatic N) is 2. The molecule has 2 aromatic carbocycles. The fourth-order valence-electron chi connectivity index (χ4n) is 4.38. The Hall–Kier alpha value is -3.53. The van der Waals surface area contributed by atoms with Gasteiger partial charge < -0.3 is 4.98 Å². The van der Waals surface area contributed by atoms with Crippen LogP contribution in [-0.2, 0) is 6.42 Å². The lowest BCUT2D eigenvalue weighted by atomic mass is 9.86. The maximum absolute atomic E-state index is 13.5. The van der Waals surface area contributed by atoms with Crippen LogP contribution < -0.4 is 0 Å². The molecule has 1 aliphatic heterocycles. The van der Waals surface area contributed by atoms with Crippen LogP contribution >= 0.6 is 0 Å². The number of rotatable bonds is 6. The molecule has 1 atom stereocenters. The van der Waals surface area contributed by atoms with E-state index in [0.717, 1.165) is 53.5 Å². The summed E-state index contributed by atoms with van der Waals surface area (Å²) in [5.74, 6) is 0.145. The normalized spacial score (nSPS) is 16.2. The number of aliphatic imine (C=N–C) groups is 1. The molecule has 0 saturated heterocycles. The van der Waals surface area contributed by atoms with Gasteiger partial charge in [-0.05, 0) is 84.7 Å². The first-order valence-corrected chi connectivity index (χ1v) is 10.8. The second-order valence-electron chi connectivity index (χ2n) is 8.05. The Balaban J connectivity index is 1.45. The summed E-state index contributed by atoms with van der Waals surface area (Å²) in [5.41, 5.74) is 6.46. The molecule has 0 amide bonds. The highest BCUT2D eigenvalue weighted by Gasteiger charge is 2.22. The molecule has 3 heterocycles. The van der Waals surface area contributed by atoms with Crippen LogP contribution in [0.15, 0.2) is 84.1 Å². The fourth-order valence-corrected chi connectivity index (χ4v) is 4.38. The number of benzene rings is 2. The minimum Gasteiger partial charge on any atom is -0.346 e. The van der Waals surface area contributed by atoms with Crippen LogP contribution in [0.2, 0.25) is 0 Å². The molecule has 2 aromatic heterocycles. The van der Waals surface area contributed by atoms with Crippen LogP contribution in [0, 0.1) is 11.7 Å². The third-order valence-electron chi connectivity index (χ3n) is 5.95. The van der Waals surface area contributed by atoms with E-state index < -0.39 is 0 Å². The first kappa shape index (κ1) is 19.4. The van der Waals surface area contributed by atoms with Gasteiger partial charge >= 0.3 is 0 Å². The van der Waals surface area contributed by atoms with Crippen molar-refractivity contribution < 1.29 is 4.39 Å². The van der Waals surface area contributed by atoms with Crippen molar-refractivity contribution >= 4 is 28.5 Å². The SMILES string of the molecule is Fc1ccc(C2=C(c3ccnc4[nH]ccc34)CC(CCCc3ccccc3)C=N2)cc1. The smallest absolute Gasteiger partial charge is 0.137 e. The second-order valence-corrected chi connectivity index (χ2v) is 8.05. The summed E-state index contributed by atoms with van der Waals surface area (Å²) in [6, 6.07) is 21.4. The Morgan fingerprint density at radius 2 is 1.81 bits per heavy atom. The van der Waals surface area contributed by atoms with E-state index in [2.05, 4.69) is 58.6 Å². The Bertz CT molecular complexity index is 1240. The zero-order valence-electron chi connectivity index (χ0n) is 17.3. The Kier molecular flexibility index (Phi) is 5.44. The van der Waals surface area contributed by atoms with Gasteiger partial charge in [-0.3, -0.25) is 4.99 Å². The van der Waals surface area contributed by atoms with E-state index in [9.17, 15) is 4.39 Å². The maximum Gasteiger partial charge on any atom is 0.137 e. The van der Waals surface area contributed by atoms with Gasteiger partial charge in [0, 0.05) is 29.6 Å². The molecular weight excluding hydrogens is 385 g/mol. The van der Waals surface area contributed by atoms with E-state index in [1.165, 1.54) is 23.3 Å². The van der Waals surface area contributed by atoms with Gasteiger partial charge in [0.15, 0.2) is 0 Å². The van der Waals surface area contributed by atoms with Crippen LogP contribution in [0.1, 0.15) is 36.0 Å². The lowest BCUT2D eigenvalue weighted by Crippen LogP contribution is -2.10. The van der Waals surface area contributed by atoms with E-state index in [-0.39, 0.29) is 5.82 Å². The van der Waals surface area contributed by atoms with Crippen LogP contribution in [0.5, 0.6) is 0 Å². The van der Waals surface area contributed by atoms with Crippen molar-refractivity contribution in [2.24, 2.45) is 10.9 Å². The predicted octanol–water partition coefficient (Wildman–Crippen LogP) is 6.68. The van der Waals surface area contributed by atoms with E-state index in [4.69, 9.17) is 4.99 Å². The molecule has 154 valence electrons. The first-order chi connectivity index (χ1) is 15.3. The Morgan fingerprint density at radius 1 is 0.968 bits per heavy atom. The highest BCUT2D eigenvalue weighted by molar-refractivity contribution is 6.02. The van der Waals surface area contributed by atoms with E-state index >= 15 is 0 Å². The quantitative estimate of drug-likeness (QED) is 0.379. The molecule has 3 nitrogen and oxygen atoms in total. The largest absolute Gasteiger partial charge is 0.346 e. The number of hydrogen-bond acceptors (Lipinski definition) is 2. The number of nitrogens with one attached hydrogen (secondary N) is 1. The number of hydrogen-bond donors (Lipinski definition) is 1. The van der Waals surface area contributed by atoms with Crippen molar-refractivity contribution in [1.82, 2.24) is 9.97 Å². The Labute approximate surface area is 181 Å². The second kappa shape index (κ2) is 8.68. The minimum absolute atomic E-state index is 0.235. The van der Waals surface area contributed by atoms with Gasteiger partial charge in [0.05, 0.1) is 5.70 Å². The van der Waals surface area contributed by atoms with Gasteiger partial charge in [0.1, 0.15) is 11.5 Å². The summed E-state index contributed by atoms with van der Waals surface area (Å²) in [4.78, 5) is 12.5. The third kappa shape index (κ3) is 4.19. The molecule has 5 rings (SSSR count). The molecule has 0 radical (unpaired) electrons. The lowest BCUT2D eigenvalue weighted by molar-refractivity contribution is 0.608. The molecule has 0 aliphatic carbocycles. The molecule has 4 aromatic rings. The van der Waals surface area contributed by atoms with Gasteiger partial charge in [0.25, 0.3) is 0 Å². The molecule has 0 fully saturated rings. The molecular formula is C27H24FN3. The number of H-pyrrole nitrogens is 1. The van der Waals surface area contributed by atoms with Gasteiger partial charge in [-0.2, -0.15) is 0 Å². The fraction of sp³-hybridized carbons (Fsp3) is 0.185. The first-order valence-electron chi connectivity index (χ1n) is 10.8. The number of aromatic amines is 1. The molecule has 31 heavy (non-hydrogen) atoms. The third-order valence-corrected chi connectivity index (χ3v) is 5.95. The minimum atomic E-state index is -0.235. The van der Waals surface area contributed by atoms with Crippen LogP contribution in [0.3, 0.4) is 0 Å². The number of aryl methyl sites for hydroxylation is 1. The number of fused-ring (bicyclic) bond motifs is 1. The van der Waals surface area contributed by atoms with Crippen molar-refractivity contribution in [3.63, 3.8) is 0 Å². The molecule has 0 bridgehead atoms. The van der Waals surface area contributed by atoms with E-state index in [1.54, 1.807) is 0 Å². The topological polar surface area (TPSA) is 41.0 Å². The van der Waals surface area contributed by atoms with Gasteiger partial charge in [0.2, 0.25) is 0 Å². The standard InChI is InChI=1S/C27H24FN3/c28-22-11-9-21(10-12-22)26-25(23-13-15-29-27-24(23)14-16-30-27)17-20(18-31-26)8-4-7-19-5-2-1-3-6-19/h1-3,5-6,9-16,18,20H,4,7-8,17H2,(H,29,30). The zero-order valence-corrected chi connectivity index (χ0v) is 17.3. The number of aromatic nitrogens is 2. The van der Waals surface area contributed by atoms with Crippen molar-refractivity contribution in [3.05, 3.63) is 102 Å². The van der Waals surface area contributed by atoms with Crippen molar-refractivity contribution in [2.75, 3.05) is 0 Å². The summed E-state index contributed by atoms with van der Waals surface area (Å²) >= 11 is 0. The highest BCUT2D eigenvalue weighted by Crippen LogP contribution is 2.38. The van der Waals surface area contributed by atoms with Crippen molar-refractivity contribution in [3.8, 4) is 0 Å². The molecule has 0 spiro atoms. The summed E-state index contributed by atoms with van der Waals surface area (Å²) < 4.78 is 13.5. The van der Waals surface area contributed by atoms with Gasteiger partial charge in [-0.25, -0.2) is 9.37 Å². The summed E-state index contributed by atoms with van der Waals surface area (Å²) in [7, 11) is 0. The predicted molar refractivity (Wildman–Crippen MR) is 125 cm³/mol. The maximum atomic E-state index is 13.5. The number of allylic oxidation sites excluding steroid dienone is 1. The molecule has 0 saturated carbocycles. The zero-order chi connectivity index (χ0) is 21.0. The molecule has 4 heteroatoms. The molecule has 1 unspecified atom stereocenters. The van der Waals surface area contributed by atoms with Crippen LogP contribution in [0.4, 0.5) is 4.39 Å². The average molecular weight is 410 g/mol. The highest BCUT2D eigenvalue weighted by atomic mass is 19.1. The number of halogens is 1. The van der Waals surface area contributed by atoms with Gasteiger partial charge in [-0.1, -0.05) is 30.3 Å². The summed E-state index contributed by atoms with van der Waals surface area (Å²) in [6.45, 7) is 0. The average Bonchev–Trinajstić information content (AvgIpc) is 3.30. The molecule has 1 aliphatic rings. The molecule has 1 N–H and O–H groups in total. The monoisotopic (exact) mass is 409 g/mol. The summed E-state index contributed by atoms with van der Waals surface area (Å²) in [5, 5.41) is 1.09. The van der Waals surface area contributed by atoms with Crippen LogP contribution in [0.25, 0.3) is 22.3 Å². The lowest BCUT2D eigenvalue weighted by Gasteiger charge is -2.23. The van der Waals surface area contributed by atoms with Gasteiger partial charge in [-0.15, -0.1) is 0 Å². The van der Waals surface area contributed by atoms with Crippen molar-refractivity contribution in [1.29, 1.82) is 0 Å². The van der Waals surface area contributed by atoms with Crippen molar-refractivity contribution in [2.45, 2.75) is 25.7 Å². The van der Waals surface area contributed by atoms with E-state index in [0.29, 0.717) is 5.92 Å². The summed E-state index contributed by atoms with van der Waals surface area (Å²) in [6.07, 6.45) is 10.0. The van der Waals surface area contributed by atoms with Crippen LogP contribution in [-0.4, -0.2) is 16.2 Å². The number of pyridine rings is 1. The van der Waals surface area contributed by atoms with E-state index in [1.807, 2.05) is 24.5 Å².